The molecule has 0 fully saturated rings. The van der Waals surface area contributed by atoms with Crippen LogP contribution in [-0.2, 0) is 10.0 Å². The van der Waals surface area contributed by atoms with Gasteiger partial charge in [0.1, 0.15) is 0 Å². The minimum Gasteiger partial charge on any atom is -0.329 e. The van der Waals surface area contributed by atoms with Crippen molar-refractivity contribution in [1.82, 2.24) is 4.98 Å². The average molecular weight is 443 g/mol. The van der Waals surface area contributed by atoms with Crippen LogP contribution in [0.1, 0.15) is 31.9 Å². The van der Waals surface area contributed by atoms with Gasteiger partial charge >= 0.3 is 0 Å². The Hall–Kier alpha value is -2.83. The first kappa shape index (κ1) is 21.9. The minimum absolute atomic E-state index is 0.183. The van der Waals surface area contributed by atoms with Crippen molar-refractivity contribution in [3.05, 3.63) is 99.9 Å². The molecule has 0 saturated heterocycles. The molecule has 0 aliphatic rings. The standard InChI is InChI=1S/C23H23ClN2O3S/c1-16(17-12-13-25-22(27)14-17)20-15-18(24)10-11-21(20)26(23(2,3)4)30(28,29)19-8-6-5-7-9-19/h5-15H,1H2,2-4H3,(H,25,27). The fraction of sp³-hybridized carbons (Fsp3) is 0.174. The highest BCUT2D eigenvalue weighted by atomic mass is 35.5. The van der Waals surface area contributed by atoms with Crippen molar-refractivity contribution in [1.29, 1.82) is 0 Å². The second kappa shape index (κ2) is 8.13. The van der Waals surface area contributed by atoms with Gasteiger partial charge in [0.05, 0.1) is 10.6 Å². The maximum absolute atomic E-state index is 13.6. The lowest BCUT2D eigenvalue weighted by Crippen LogP contribution is -2.46. The third-order valence-electron chi connectivity index (χ3n) is 4.52. The van der Waals surface area contributed by atoms with E-state index in [1.165, 1.54) is 16.6 Å². The van der Waals surface area contributed by atoms with Crippen LogP contribution in [0.4, 0.5) is 5.69 Å². The summed E-state index contributed by atoms with van der Waals surface area (Å²) in [7, 11) is -3.89. The number of hydrogen-bond donors (Lipinski definition) is 1. The van der Waals surface area contributed by atoms with Crippen LogP contribution in [0.3, 0.4) is 0 Å². The summed E-state index contributed by atoms with van der Waals surface area (Å²) in [4.78, 5) is 14.5. The van der Waals surface area contributed by atoms with Gasteiger partial charge in [-0.15, -0.1) is 0 Å². The van der Waals surface area contributed by atoms with Gasteiger partial charge in [-0.3, -0.25) is 9.10 Å². The maximum atomic E-state index is 13.6. The summed E-state index contributed by atoms with van der Waals surface area (Å²) in [5.41, 5.74) is 0.973. The number of aromatic amines is 1. The van der Waals surface area contributed by atoms with E-state index in [-0.39, 0.29) is 10.5 Å². The molecule has 5 nitrogen and oxygen atoms in total. The SMILES string of the molecule is C=C(c1cc[nH]c(=O)c1)c1cc(Cl)ccc1N(C(C)(C)C)S(=O)(=O)c1ccccc1. The number of halogens is 1. The highest BCUT2D eigenvalue weighted by Gasteiger charge is 2.36. The first-order chi connectivity index (χ1) is 14.0. The molecule has 3 aromatic rings. The normalized spacial score (nSPS) is 11.9. The van der Waals surface area contributed by atoms with Crippen LogP contribution in [0, 0.1) is 0 Å². The van der Waals surface area contributed by atoms with Crippen molar-refractivity contribution in [2.75, 3.05) is 4.31 Å². The zero-order valence-electron chi connectivity index (χ0n) is 17.0. The summed E-state index contributed by atoms with van der Waals surface area (Å²) >= 11 is 6.25. The number of nitrogens with zero attached hydrogens (tertiary/aromatic N) is 1. The molecule has 156 valence electrons. The summed E-state index contributed by atoms with van der Waals surface area (Å²) in [6.45, 7) is 9.59. The largest absolute Gasteiger partial charge is 0.329 e. The van der Waals surface area contributed by atoms with Gasteiger partial charge in [0, 0.05) is 28.4 Å². The molecule has 0 spiro atoms. The van der Waals surface area contributed by atoms with Crippen LogP contribution in [0.25, 0.3) is 5.57 Å². The van der Waals surface area contributed by atoms with Crippen molar-refractivity contribution >= 4 is 32.9 Å². The molecular weight excluding hydrogens is 420 g/mol. The van der Waals surface area contributed by atoms with E-state index < -0.39 is 15.6 Å². The molecule has 0 aliphatic heterocycles. The number of pyridine rings is 1. The number of anilines is 1. The van der Waals surface area contributed by atoms with Crippen LogP contribution in [0.15, 0.2) is 83.1 Å². The number of benzene rings is 2. The smallest absolute Gasteiger partial charge is 0.264 e. The monoisotopic (exact) mass is 442 g/mol. The Labute approximate surface area is 181 Å². The van der Waals surface area contributed by atoms with E-state index in [1.54, 1.807) is 54.6 Å². The molecule has 0 radical (unpaired) electrons. The molecular formula is C23H23ClN2O3S. The second-order valence-corrected chi connectivity index (χ2v) is 10.1. The third kappa shape index (κ3) is 4.35. The van der Waals surface area contributed by atoms with E-state index in [0.717, 1.165) is 0 Å². The molecule has 30 heavy (non-hydrogen) atoms. The van der Waals surface area contributed by atoms with E-state index in [1.807, 2.05) is 20.8 Å². The van der Waals surface area contributed by atoms with Crippen molar-refractivity contribution in [3.8, 4) is 0 Å². The lowest BCUT2D eigenvalue weighted by molar-refractivity contribution is 0.535. The van der Waals surface area contributed by atoms with Crippen LogP contribution in [0.5, 0.6) is 0 Å². The van der Waals surface area contributed by atoms with Crippen LogP contribution in [0.2, 0.25) is 5.02 Å². The summed E-state index contributed by atoms with van der Waals surface area (Å²) < 4.78 is 28.7. The maximum Gasteiger partial charge on any atom is 0.264 e. The molecule has 2 aromatic carbocycles. The molecule has 7 heteroatoms. The van der Waals surface area contributed by atoms with Crippen molar-refractivity contribution < 1.29 is 8.42 Å². The van der Waals surface area contributed by atoms with Gasteiger partial charge < -0.3 is 4.98 Å². The molecule has 0 atom stereocenters. The van der Waals surface area contributed by atoms with Crippen molar-refractivity contribution in [2.24, 2.45) is 0 Å². The van der Waals surface area contributed by atoms with Crippen molar-refractivity contribution in [2.45, 2.75) is 31.2 Å². The fourth-order valence-corrected chi connectivity index (χ4v) is 5.29. The summed E-state index contributed by atoms with van der Waals surface area (Å²) in [6, 6.07) is 16.4. The molecule has 0 saturated carbocycles. The van der Waals surface area contributed by atoms with Gasteiger partial charge in [0.25, 0.3) is 10.0 Å². The predicted molar refractivity (Wildman–Crippen MR) is 123 cm³/mol. The minimum atomic E-state index is -3.89. The molecule has 0 unspecified atom stereocenters. The van der Waals surface area contributed by atoms with Gasteiger partial charge in [0.15, 0.2) is 0 Å². The average Bonchev–Trinajstić information content (AvgIpc) is 2.68. The van der Waals surface area contributed by atoms with Gasteiger partial charge in [-0.25, -0.2) is 8.42 Å². The first-order valence-electron chi connectivity index (χ1n) is 9.30. The molecule has 1 heterocycles. The second-order valence-electron chi connectivity index (χ2n) is 7.83. The molecule has 0 amide bonds. The number of sulfonamides is 1. The zero-order valence-corrected chi connectivity index (χ0v) is 18.6. The Morgan fingerprint density at radius 2 is 1.70 bits per heavy atom. The Morgan fingerprint density at radius 3 is 2.30 bits per heavy atom. The molecule has 1 N–H and O–H groups in total. The summed E-state index contributed by atoms with van der Waals surface area (Å²) in [5.74, 6) is 0. The van der Waals surface area contributed by atoms with E-state index in [9.17, 15) is 13.2 Å². The zero-order chi connectivity index (χ0) is 22.1. The Bertz CT molecular complexity index is 1240. The highest BCUT2D eigenvalue weighted by molar-refractivity contribution is 7.93. The van der Waals surface area contributed by atoms with Crippen LogP contribution < -0.4 is 9.86 Å². The number of nitrogens with one attached hydrogen (secondary N) is 1. The van der Waals surface area contributed by atoms with E-state index in [4.69, 9.17) is 11.6 Å². The number of H-pyrrole nitrogens is 1. The topological polar surface area (TPSA) is 70.2 Å². The van der Waals surface area contributed by atoms with Crippen LogP contribution >= 0.6 is 11.6 Å². The molecule has 1 aromatic heterocycles. The number of rotatable bonds is 5. The quantitative estimate of drug-likeness (QED) is 0.598. The lowest BCUT2D eigenvalue weighted by atomic mass is 9.97. The van der Waals surface area contributed by atoms with E-state index in [0.29, 0.717) is 27.4 Å². The summed E-state index contributed by atoms with van der Waals surface area (Å²) in [5, 5.41) is 0.436. The Balaban J connectivity index is 2.26. The molecule has 0 aliphatic carbocycles. The van der Waals surface area contributed by atoms with Gasteiger partial charge in [0.2, 0.25) is 5.56 Å². The van der Waals surface area contributed by atoms with Gasteiger partial charge in [-0.05, 0) is 68.3 Å². The van der Waals surface area contributed by atoms with Crippen LogP contribution in [-0.4, -0.2) is 18.9 Å². The first-order valence-corrected chi connectivity index (χ1v) is 11.1. The summed E-state index contributed by atoms with van der Waals surface area (Å²) in [6.07, 6.45) is 1.52. The highest BCUT2D eigenvalue weighted by Crippen LogP contribution is 2.39. The van der Waals surface area contributed by atoms with Crippen molar-refractivity contribution in [3.63, 3.8) is 0 Å². The molecule has 3 rings (SSSR count). The Morgan fingerprint density at radius 1 is 1.03 bits per heavy atom. The Kier molecular flexibility index (Phi) is 5.92. The third-order valence-corrected chi connectivity index (χ3v) is 6.84. The predicted octanol–water partition coefficient (Wildman–Crippen LogP) is 5.08. The lowest BCUT2D eigenvalue weighted by Gasteiger charge is -2.38. The number of hydrogen-bond acceptors (Lipinski definition) is 3. The van der Waals surface area contributed by atoms with Gasteiger partial charge in [-0.1, -0.05) is 36.4 Å². The van der Waals surface area contributed by atoms with E-state index in [2.05, 4.69) is 11.6 Å². The number of aromatic nitrogens is 1. The fourth-order valence-electron chi connectivity index (χ4n) is 3.26. The van der Waals surface area contributed by atoms with E-state index >= 15 is 0 Å². The molecule has 0 bridgehead atoms. The van der Waals surface area contributed by atoms with Gasteiger partial charge in [-0.2, -0.15) is 0 Å².